The molecule has 1 aromatic carbocycles. The van der Waals surface area contributed by atoms with Crippen molar-refractivity contribution in [1.29, 1.82) is 0 Å². The normalized spacial score (nSPS) is 11.9. The summed E-state index contributed by atoms with van der Waals surface area (Å²) in [7, 11) is 0. The van der Waals surface area contributed by atoms with Gasteiger partial charge in [0.2, 0.25) is 5.91 Å². The van der Waals surface area contributed by atoms with Gasteiger partial charge >= 0.3 is 0 Å². The number of aromatic nitrogens is 5. The van der Waals surface area contributed by atoms with Crippen molar-refractivity contribution in [2.24, 2.45) is 5.41 Å². The van der Waals surface area contributed by atoms with Crippen molar-refractivity contribution in [2.75, 3.05) is 5.32 Å². The van der Waals surface area contributed by atoms with E-state index in [1.165, 1.54) is 10.4 Å². The van der Waals surface area contributed by atoms with Crippen LogP contribution in [0.25, 0.3) is 54.9 Å². The molecule has 5 aromatic heterocycles. The summed E-state index contributed by atoms with van der Waals surface area (Å²) < 4.78 is 0. The van der Waals surface area contributed by atoms with Crippen LogP contribution in [0.3, 0.4) is 0 Å². The molecule has 0 saturated carbocycles. The monoisotopic (exact) mass is 492 g/mol. The molecule has 178 valence electrons. The predicted octanol–water partition coefficient (Wildman–Crippen LogP) is 6.88. The fourth-order valence-corrected chi connectivity index (χ4v) is 4.94. The zero-order valence-electron chi connectivity index (χ0n) is 20.1. The first kappa shape index (κ1) is 22.2. The van der Waals surface area contributed by atoms with E-state index in [9.17, 15) is 4.79 Å². The van der Waals surface area contributed by atoms with E-state index in [2.05, 4.69) is 72.2 Å². The van der Waals surface area contributed by atoms with Crippen LogP contribution in [0.2, 0.25) is 0 Å². The molecule has 0 aliphatic heterocycles. The highest BCUT2D eigenvalue weighted by Gasteiger charge is 2.21. The standard InChI is InChI=1S/C28H24N6OS/c1-28(2,3)27(35)31-17-10-16(13-29-14-17)22-12-20-24(15-30-22)33-34-26(20)23-11-19-18(25-8-5-9-36-25)6-4-7-21(19)32-23/h4-15,32H,1-3H3,(H,31,35)(H,33,34). The lowest BCUT2D eigenvalue weighted by Gasteiger charge is -2.17. The summed E-state index contributed by atoms with van der Waals surface area (Å²) in [5, 5.41) is 14.9. The number of rotatable bonds is 4. The highest BCUT2D eigenvalue weighted by molar-refractivity contribution is 7.13. The number of aromatic amines is 2. The summed E-state index contributed by atoms with van der Waals surface area (Å²) in [6, 6.07) is 16.6. The number of anilines is 1. The number of benzene rings is 1. The Kier molecular flexibility index (Phi) is 5.19. The highest BCUT2D eigenvalue weighted by Crippen LogP contribution is 2.36. The zero-order chi connectivity index (χ0) is 24.9. The number of carbonyl (C=O) groups excluding carboxylic acids is 1. The van der Waals surface area contributed by atoms with Gasteiger partial charge in [-0.25, -0.2) is 0 Å². The number of H-pyrrole nitrogens is 2. The second-order valence-corrected chi connectivity index (χ2v) is 10.7. The molecule has 3 N–H and O–H groups in total. The van der Waals surface area contributed by atoms with Gasteiger partial charge in [0.25, 0.3) is 0 Å². The van der Waals surface area contributed by atoms with E-state index in [0.717, 1.165) is 44.5 Å². The summed E-state index contributed by atoms with van der Waals surface area (Å²) in [6.07, 6.45) is 5.17. The van der Waals surface area contributed by atoms with Crippen LogP contribution in [-0.2, 0) is 4.79 Å². The lowest BCUT2D eigenvalue weighted by Crippen LogP contribution is -2.27. The Morgan fingerprint density at radius 2 is 1.86 bits per heavy atom. The summed E-state index contributed by atoms with van der Waals surface area (Å²) in [4.78, 5) is 26.1. The number of nitrogens with zero attached hydrogens (tertiary/aromatic N) is 3. The van der Waals surface area contributed by atoms with Crippen LogP contribution < -0.4 is 5.32 Å². The number of hydrogen-bond donors (Lipinski definition) is 3. The molecule has 0 aliphatic rings. The van der Waals surface area contributed by atoms with E-state index >= 15 is 0 Å². The first-order valence-electron chi connectivity index (χ1n) is 11.6. The van der Waals surface area contributed by atoms with Crippen LogP contribution in [0.1, 0.15) is 20.8 Å². The van der Waals surface area contributed by atoms with E-state index < -0.39 is 5.41 Å². The summed E-state index contributed by atoms with van der Waals surface area (Å²) in [5.74, 6) is -0.0669. The molecule has 8 heteroatoms. The number of hydrogen-bond acceptors (Lipinski definition) is 5. The molecule has 0 spiro atoms. The minimum atomic E-state index is -0.498. The van der Waals surface area contributed by atoms with Gasteiger partial charge in [-0.2, -0.15) is 5.10 Å². The number of pyridine rings is 2. The fraction of sp³-hybridized carbons (Fsp3) is 0.143. The third-order valence-electron chi connectivity index (χ3n) is 6.13. The zero-order valence-corrected chi connectivity index (χ0v) is 20.9. The molecule has 0 unspecified atom stereocenters. The number of thiophene rings is 1. The molecule has 0 saturated heterocycles. The largest absolute Gasteiger partial charge is 0.353 e. The molecule has 0 bridgehead atoms. The van der Waals surface area contributed by atoms with Crippen molar-refractivity contribution < 1.29 is 4.79 Å². The molecule has 36 heavy (non-hydrogen) atoms. The fourth-order valence-electron chi connectivity index (χ4n) is 4.18. The van der Waals surface area contributed by atoms with Gasteiger partial charge < -0.3 is 10.3 Å². The van der Waals surface area contributed by atoms with Crippen molar-refractivity contribution in [3.05, 3.63) is 72.5 Å². The molecular formula is C28H24N6OS. The Bertz CT molecular complexity index is 1720. The van der Waals surface area contributed by atoms with Crippen molar-refractivity contribution >= 4 is 44.7 Å². The first-order chi connectivity index (χ1) is 17.4. The maximum Gasteiger partial charge on any atom is 0.229 e. The Morgan fingerprint density at radius 3 is 2.67 bits per heavy atom. The van der Waals surface area contributed by atoms with E-state index in [1.54, 1.807) is 29.9 Å². The van der Waals surface area contributed by atoms with Gasteiger partial charge in [0.15, 0.2) is 0 Å². The first-order valence-corrected chi connectivity index (χ1v) is 12.5. The van der Waals surface area contributed by atoms with Crippen LogP contribution in [-0.4, -0.2) is 31.1 Å². The van der Waals surface area contributed by atoms with Gasteiger partial charge in [-0.1, -0.05) is 39.0 Å². The molecular weight excluding hydrogens is 468 g/mol. The minimum absolute atomic E-state index is 0.0669. The second-order valence-electron chi connectivity index (χ2n) is 9.78. The van der Waals surface area contributed by atoms with Gasteiger partial charge in [0, 0.05) is 43.9 Å². The molecule has 0 aliphatic carbocycles. The van der Waals surface area contributed by atoms with Crippen molar-refractivity contribution in [1.82, 2.24) is 25.1 Å². The Balaban J connectivity index is 1.40. The molecule has 6 rings (SSSR count). The van der Waals surface area contributed by atoms with Crippen LogP contribution in [0, 0.1) is 5.41 Å². The predicted molar refractivity (Wildman–Crippen MR) is 146 cm³/mol. The summed E-state index contributed by atoms with van der Waals surface area (Å²) in [5.41, 5.74) is 6.57. The Morgan fingerprint density at radius 1 is 0.972 bits per heavy atom. The highest BCUT2D eigenvalue weighted by atomic mass is 32.1. The van der Waals surface area contributed by atoms with Crippen LogP contribution in [0.4, 0.5) is 5.69 Å². The lowest BCUT2D eigenvalue weighted by atomic mass is 9.95. The van der Waals surface area contributed by atoms with Gasteiger partial charge in [-0.15, -0.1) is 11.3 Å². The van der Waals surface area contributed by atoms with Gasteiger partial charge in [0.05, 0.1) is 35.0 Å². The molecule has 0 atom stereocenters. The summed E-state index contributed by atoms with van der Waals surface area (Å²) >= 11 is 1.73. The van der Waals surface area contributed by atoms with E-state index in [1.807, 2.05) is 32.9 Å². The van der Waals surface area contributed by atoms with E-state index in [0.29, 0.717) is 5.69 Å². The van der Waals surface area contributed by atoms with E-state index in [-0.39, 0.29) is 5.91 Å². The Labute approximate surface area is 211 Å². The van der Waals surface area contributed by atoms with Gasteiger partial charge in [-0.3, -0.25) is 19.9 Å². The maximum absolute atomic E-state index is 12.4. The third kappa shape index (κ3) is 3.95. The second kappa shape index (κ2) is 8.42. The number of nitrogens with one attached hydrogen (secondary N) is 3. The van der Waals surface area contributed by atoms with Crippen molar-refractivity contribution in [3.63, 3.8) is 0 Å². The van der Waals surface area contributed by atoms with Gasteiger partial charge in [0.1, 0.15) is 5.69 Å². The maximum atomic E-state index is 12.4. The Hall–Kier alpha value is -4.30. The topological polar surface area (TPSA) is 99.4 Å². The van der Waals surface area contributed by atoms with E-state index in [4.69, 9.17) is 0 Å². The molecule has 1 amide bonds. The van der Waals surface area contributed by atoms with Crippen LogP contribution >= 0.6 is 11.3 Å². The average molecular weight is 493 g/mol. The molecule has 6 aromatic rings. The molecule has 0 fully saturated rings. The van der Waals surface area contributed by atoms with Gasteiger partial charge in [-0.05, 0) is 35.7 Å². The smallest absolute Gasteiger partial charge is 0.229 e. The summed E-state index contributed by atoms with van der Waals surface area (Å²) in [6.45, 7) is 5.63. The average Bonchev–Trinajstić information content (AvgIpc) is 3.62. The van der Waals surface area contributed by atoms with Crippen molar-refractivity contribution in [3.8, 4) is 33.1 Å². The number of carbonyl (C=O) groups is 1. The minimum Gasteiger partial charge on any atom is -0.353 e. The molecule has 7 nitrogen and oxygen atoms in total. The van der Waals surface area contributed by atoms with Crippen LogP contribution in [0.15, 0.2) is 72.5 Å². The number of amides is 1. The lowest BCUT2D eigenvalue weighted by molar-refractivity contribution is -0.123. The van der Waals surface area contributed by atoms with Crippen LogP contribution in [0.5, 0.6) is 0 Å². The third-order valence-corrected chi connectivity index (χ3v) is 7.03. The molecule has 0 radical (unpaired) electrons. The quantitative estimate of drug-likeness (QED) is 0.250. The molecule has 5 heterocycles. The number of fused-ring (bicyclic) bond motifs is 2. The SMILES string of the molecule is CC(C)(C)C(=O)Nc1cncc(-c2cc3c(-c4cc5c(-c6cccs6)cccc5[nH]4)n[nH]c3cn2)c1. The van der Waals surface area contributed by atoms with Crippen molar-refractivity contribution in [2.45, 2.75) is 20.8 Å².